The van der Waals surface area contributed by atoms with E-state index in [1.807, 2.05) is 6.92 Å². The van der Waals surface area contributed by atoms with Crippen molar-refractivity contribution in [1.82, 2.24) is 0 Å². The highest BCUT2D eigenvalue weighted by Crippen LogP contribution is 2.41. The number of hydrogen-bond donors (Lipinski definition) is 1. The summed E-state index contributed by atoms with van der Waals surface area (Å²) in [5.41, 5.74) is 3.34. The summed E-state index contributed by atoms with van der Waals surface area (Å²) in [6.45, 7) is 3.64. The average Bonchev–Trinajstić information content (AvgIpc) is 2.86. The van der Waals surface area contributed by atoms with Gasteiger partial charge in [0.25, 0.3) is 5.91 Å². The zero-order valence-corrected chi connectivity index (χ0v) is 8.35. The van der Waals surface area contributed by atoms with Gasteiger partial charge in [0, 0.05) is 0 Å². The summed E-state index contributed by atoms with van der Waals surface area (Å²) in [5.74, 6) is -0.647. The van der Waals surface area contributed by atoms with Gasteiger partial charge < -0.3 is 5.73 Å². The molecule has 0 aliphatic heterocycles. The molecule has 0 spiro atoms. The molecule has 2 unspecified atom stereocenters. The number of halogens is 1. The average molecular weight is 187 g/mol. The fraction of sp³-hybridized carbons (Fsp3) is 0.900. The van der Waals surface area contributed by atoms with Crippen LogP contribution in [0.15, 0.2) is 0 Å². The van der Waals surface area contributed by atoms with Crippen molar-refractivity contribution in [3.8, 4) is 0 Å². The first-order chi connectivity index (χ1) is 6.00. The maximum atomic E-state index is 14.1. The maximum Gasteiger partial charge on any atom is 0.255 e. The molecular formula is C10H18FNO. The van der Waals surface area contributed by atoms with Gasteiger partial charge in [-0.05, 0) is 24.7 Å². The quantitative estimate of drug-likeness (QED) is 0.703. The van der Waals surface area contributed by atoms with Crippen LogP contribution in [-0.2, 0) is 4.79 Å². The Morgan fingerprint density at radius 3 is 2.54 bits per heavy atom. The molecule has 1 amide bonds. The summed E-state index contributed by atoms with van der Waals surface area (Å²) in [6.07, 6.45) is 3.09. The second kappa shape index (κ2) is 3.64. The van der Waals surface area contributed by atoms with Gasteiger partial charge in [0.15, 0.2) is 5.67 Å². The second-order valence-electron chi connectivity index (χ2n) is 4.18. The lowest BCUT2D eigenvalue weighted by atomic mass is 9.83. The Balaban J connectivity index is 2.65. The van der Waals surface area contributed by atoms with Gasteiger partial charge in [-0.15, -0.1) is 0 Å². The molecule has 1 aliphatic rings. The highest BCUT2D eigenvalue weighted by molar-refractivity contribution is 5.83. The van der Waals surface area contributed by atoms with E-state index < -0.39 is 11.6 Å². The van der Waals surface area contributed by atoms with Crippen molar-refractivity contribution in [2.75, 3.05) is 0 Å². The zero-order chi connectivity index (χ0) is 10.1. The molecule has 0 aromatic rings. The largest absolute Gasteiger partial charge is 0.367 e. The molecule has 1 fully saturated rings. The van der Waals surface area contributed by atoms with Crippen molar-refractivity contribution >= 4 is 5.91 Å². The van der Waals surface area contributed by atoms with Crippen LogP contribution in [0.2, 0.25) is 0 Å². The number of nitrogens with two attached hydrogens (primary N) is 1. The van der Waals surface area contributed by atoms with Gasteiger partial charge in [0.1, 0.15) is 0 Å². The normalized spacial score (nSPS) is 23.6. The lowest BCUT2D eigenvalue weighted by Crippen LogP contribution is -2.45. The lowest BCUT2D eigenvalue weighted by molar-refractivity contribution is -0.133. The van der Waals surface area contributed by atoms with Crippen molar-refractivity contribution in [2.45, 2.75) is 45.2 Å². The summed E-state index contributed by atoms with van der Waals surface area (Å²) in [5, 5.41) is 0. The zero-order valence-electron chi connectivity index (χ0n) is 8.35. The van der Waals surface area contributed by atoms with E-state index in [9.17, 15) is 9.18 Å². The standard InChI is InChI=1S/C10H18FNO/c1-3-7(2)10(11,9(12)13)6-8-4-5-8/h7-8H,3-6H2,1-2H3,(H2,12,13). The van der Waals surface area contributed by atoms with Crippen LogP contribution in [0, 0.1) is 11.8 Å². The third kappa shape index (κ3) is 2.20. The van der Waals surface area contributed by atoms with Crippen molar-refractivity contribution in [1.29, 1.82) is 0 Å². The van der Waals surface area contributed by atoms with E-state index in [1.165, 1.54) is 0 Å². The second-order valence-corrected chi connectivity index (χ2v) is 4.18. The number of rotatable bonds is 5. The number of alkyl halides is 1. The Morgan fingerprint density at radius 1 is 1.69 bits per heavy atom. The molecule has 0 saturated heterocycles. The van der Waals surface area contributed by atoms with E-state index in [1.54, 1.807) is 6.92 Å². The predicted molar refractivity (Wildman–Crippen MR) is 49.8 cm³/mol. The predicted octanol–water partition coefficient (Wildman–Crippen LogP) is 2.03. The molecule has 1 rings (SSSR count). The molecule has 1 aliphatic carbocycles. The van der Waals surface area contributed by atoms with Gasteiger partial charge in [0.2, 0.25) is 0 Å². The number of carbonyl (C=O) groups excluding carboxylic acids is 1. The van der Waals surface area contributed by atoms with E-state index in [0.29, 0.717) is 18.8 Å². The summed E-state index contributed by atoms with van der Waals surface area (Å²) in [7, 11) is 0. The first-order valence-corrected chi connectivity index (χ1v) is 4.99. The van der Waals surface area contributed by atoms with E-state index in [4.69, 9.17) is 5.73 Å². The van der Waals surface area contributed by atoms with Crippen molar-refractivity contribution < 1.29 is 9.18 Å². The summed E-state index contributed by atoms with van der Waals surface area (Å²) in [4.78, 5) is 11.0. The van der Waals surface area contributed by atoms with Crippen molar-refractivity contribution in [2.24, 2.45) is 17.6 Å². The minimum Gasteiger partial charge on any atom is -0.367 e. The summed E-state index contributed by atoms with van der Waals surface area (Å²) >= 11 is 0. The van der Waals surface area contributed by atoms with Crippen molar-refractivity contribution in [3.05, 3.63) is 0 Å². The van der Waals surface area contributed by atoms with Gasteiger partial charge in [-0.3, -0.25) is 4.79 Å². The Morgan fingerprint density at radius 2 is 2.23 bits per heavy atom. The Labute approximate surface area is 78.7 Å². The highest BCUT2D eigenvalue weighted by atomic mass is 19.1. The molecule has 0 heterocycles. The summed E-state index contributed by atoms with van der Waals surface area (Å²) < 4.78 is 14.1. The third-order valence-corrected chi connectivity index (χ3v) is 3.09. The third-order valence-electron chi connectivity index (χ3n) is 3.09. The molecule has 0 radical (unpaired) electrons. The number of carbonyl (C=O) groups is 1. The molecule has 0 aromatic heterocycles. The molecule has 13 heavy (non-hydrogen) atoms. The van der Waals surface area contributed by atoms with E-state index in [0.717, 1.165) is 12.8 Å². The smallest absolute Gasteiger partial charge is 0.255 e. The number of primary amides is 1. The maximum absolute atomic E-state index is 14.1. The molecule has 76 valence electrons. The monoisotopic (exact) mass is 187 g/mol. The molecule has 0 aromatic carbocycles. The Kier molecular flexibility index (Phi) is 2.94. The SMILES string of the molecule is CCC(C)C(F)(CC1CC1)C(N)=O. The molecule has 2 N–H and O–H groups in total. The van der Waals surface area contributed by atoms with Crippen LogP contribution in [0.25, 0.3) is 0 Å². The molecule has 0 bridgehead atoms. The van der Waals surface area contributed by atoms with E-state index in [-0.39, 0.29) is 5.92 Å². The van der Waals surface area contributed by atoms with Crippen LogP contribution >= 0.6 is 0 Å². The fourth-order valence-electron chi connectivity index (χ4n) is 1.61. The Bertz CT molecular complexity index is 203. The molecule has 1 saturated carbocycles. The van der Waals surface area contributed by atoms with E-state index >= 15 is 0 Å². The van der Waals surface area contributed by atoms with Crippen LogP contribution in [0.1, 0.15) is 39.5 Å². The lowest BCUT2D eigenvalue weighted by Gasteiger charge is -2.27. The van der Waals surface area contributed by atoms with Crippen LogP contribution in [-0.4, -0.2) is 11.6 Å². The van der Waals surface area contributed by atoms with Crippen LogP contribution in [0.4, 0.5) is 4.39 Å². The number of amides is 1. The van der Waals surface area contributed by atoms with Crippen LogP contribution < -0.4 is 5.73 Å². The van der Waals surface area contributed by atoms with Gasteiger partial charge in [0.05, 0.1) is 0 Å². The minimum absolute atomic E-state index is 0.259. The minimum atomic E-state index is -1.77. The van der Waals surface area contributed by atoms with Gasteiger partial charge in [-0.2, -0.15) is 0 Å². The highest BCUT2D eigenvalue weighted by Gasteiger charge is 2.45. The van der Waals surface area contributed by atoms with Crippen molar-refractivity contribution in [3.63, 3.8) is 0 Å². The summed E-state index contributed by atoms with van der Waals surface area (Å²) in [6, 6.07) is 0. The van der Waals surface area contributed by atoms with Crippen LogP contribution in [0.3, 0.4) is 0 Å². The Hall–Kier alpha value is -0.600. The first kappa shape index (κ1) is 10.5. The molecular weight excluding hydrogens is 169 g/mol. The number of hydrogen-bond acceptors (Lipinski definition) is 1. The van der Waals surface area contributed by atoms with E-state index in [2.05, 4.69) is 0 Å². The van der Waals surface area contributed by atoms with Gasteiger partial charge in [-0.25, -0.2) is 4.39 Å². The molecule has 3 heteroatoms. The fourth-order valence-corrected chi connectivity index (χ4v) is 1.61. The van der Waals surface area contributed by atoms with Gasteiger partial charge >= 0.3 is 0 Å². The van der Waals surface area contributed by atoms with Crippen LogP contribution in [0.5, 0.6) is 0 Å². The molecule has 2 atom stereocenters. The molecule has 2 nitrogen and oxygen atoms in total. The van der Waals surface area contributed by atoms with Gasteiger partial charge in [-0.1, -0.05) is 26.7 Å². The topological polar surface area (TPSA) is 43.1 Å². The first-order valence-electron chi connectivity index (χ1n) is 4.99.